The van der Waals surface area contributed by atoms with Gasteiger partial charge in [-0.2, -0.15) is 0 Å². The lowest BCUT2D eigenvalue weighted by Gasteiger charge is -2.23. The lowest BCUT2D eigenvalue weighted by Crippen LogP contribution is -2.35. The molecule has 1 rings (SSSR count). The summed E-state index contributed by atoms with van der Waals surface area (Å²) in [6.45, 7) is 0. The minimum absolute atomic E-state index is 0.135. The molecule has 0 aromatic heterocycles. The van der Waals surface area contributed by atoms with Crippen LogP contribution in [0.5, 0.6) is 0 Å². The lowest BCUT2D eigenvalue weighted by molar-refractivity contribution is 0.566. The van der Waals surface area contributed by atoms with E-state index in [1.54, 1.807) is 0 Å². The van der Waals surface area contributed by atoms with E-state index in [1.807, 2.05) is 0 Å². The summed E-state index contributed by atoms with van der Waals surface area (Å²) in [5.74, 6) is -0.137. The summed E-state index contributed by atoms with van der Waals surface area (Å²) < 4.78 is 22.3. The minimum Gasteiger partial charge on any atom is -0.217 e. The Morgan fingerprint density at radius 2 is 1.79 bits per heavy atom. The lowest BCUT2D eigenvalue weighted by atomic mass is 10.2. The highest BCUT2D eigenvalue weighted by atomic mass is 33.1. The second-order valence-corrected chi connectivity index (χ2v) is 6.80. The first-order chi connectivity index (χ1) is 6.59. The fraction of sp³-hybridized carbons (Fsp3) is 1.00. The molecule has 0 saturated carbocycles. The van der Waals surface area contributed by atoms with Crippen LogP contribution in [0.25, 0.3) is 20.9 Å². The van der Waals surface area contributed by atoms with E-state index in [0.717, 1.165) is 10.8 Å². The molecule has 0 amide bonds. The number of rotatable bonds is 2. The van der Waals surface area contributed by atoms with E-state index in [9.17, 15) is 8.42 Å². The van der Waals surface area contributed by atoms with Crippen molar-refractivity contribution in [3.05, 3.63) is 20.9 Å². The smallest absolute Gasteiger partial charge is 0.201 e. The topological polar surface area (TPSA) is 132 Å². The molecule has 0 spiro atoms. The zero-order valence-electron chi connectivity index (χ0n) is 6.89. The van der Waals surface area contributed by atoms with Crippen LogP contribution < -0.4 is 0 Å². The van der Waals surface area contributed by atoms with Crippen LogP contribution in [0.2, 0.25) is 0 Å². The van der Waals surface area contributed by atoms with Gasteiger partial charge in [0, 0.05) is 15.6 Å². The molecule has 0 N–H and O–H groups in total. The van der Waals surface area contributed by atoms with E-state index in [1.165, 1.54) is 0 Å². The van der Waals surface area contributed by atoms with Gasteiger partial charge in [0.1, 0.15) is 0 Å². The third-order valence-electron chi connectivity index (χ3n) is 1.64. The molecule has 0 bridgehead atoms. The van der Waals surface area contributed by atoms with E-state index < -0.39 is 21.0 Å². The van der Waals surface area contributed by atoms with E-state index in [2.05, 4.69) is 20.1 Å². The van der Waals surface area contributed by atoms with Gasteiger partial charge in [0.05, 0.1) is 17.8 Å². The zero-order valence-corrected chi connectivity index (χ0v) is 8.52. The highest BCUT2D eigenvalue weighted by molar-refractivity contribution is 8.72. The molecule has 14 heavy (non-hydrogen) atoms. The average Bonchev–Trinajstić information content (AvgIpc) is 2.10. The third kappa shape index (κ3) is 2.71. The Morgan fingerprint density at radius 3 is 2.36 bits per heavy atom. The predicted octanol–water partition coefficient (Wildman–Crippen LogP) is 1.42. The first kappa shape index (κ1) is 11.0. The Labute approximate surface area is 83.2 Å². The van der Waals surface area contributed by atoms with Crippen LogP contribution in [0.15, 0.2) is 10.2 Å². The van der Waals surface area contributed by atoms with Gasteiger partial charge in [-0.05, 0) is 21.9 Å². The van der Waals surface area contributed by atoms with Crippen LogP contribution in [0, 0.1) is 0 Å². The largest absolute Gasteiger partial charge is 0.217 e. The molecule has 1 heterocycles. The van der Waals surface area contributed by atoms with Crippen LogP contribution in [0.1, 0.15) is 0 Å². The van der Waals surface area contributed by atoms with E-state index in [-0.39, 0.29) is 11.5 Å². The summed E-state index contributed by atoms with van der Waals surface area (Å²) in [7, 11) is -2.51. The van der Waals surface area contributed by atoms with Gasteiger partial charge in [0.15, 0.2) is 0 Å². The summed E-state index contributed by atoms with van der Waals surface area (Å²) in [6.07, 6.45) is 0. The molecule has 10 heteroatoms. The average molecular weight is 234 g/mol. The third-order valence-corrected chi connectivity index (χ3v) is 5.12. The van der Waals surface area contributed by atoms with Crippen molar-refractivity contribution in [2.75, 3.05) is 11.5 Å². The van der Waals surface area contributed by atoms with E-state index in [4.69, 9.17) is 11.1 Å². The van der Waals surface area contributed by atoms with Crippen molar-refractivity contribution in [2.45, 2.75) is 12.1 Å². The van der Waals surface area contributed by atoms with Crippen LogP contribution in [0.3, 0.4) is 0 Å². The van der Waals surface area contributed by atoms with Crippen LogP contribution >= 0.6 is 10.8 Å². The Balaban J connectivity index is 2.91. The fourth-order valence-electron chi connectivity index (χ4n) is 1.01. The Morgan fingerprint density at radius 1 is 1.21 bits per heavy atom. The maximum atomic E-state index is 11.1. The molecule has 2 atom stereocenters. The molecular weight excluding hydrogens is 228 g/mol. The molecule has 0 radical (unpaired) electrons. The second-order valence-electron chi connectivity index (χ2n) is 2.55. The number of azide groups is 2. The van der Waals surface area contributed by atoms with Gasteiger partial charge in [-0.1, -0.05) is 10.2 Å². The number of nitrogens with zero attached hydrogens (tertiary/aromatic N) is 6. The minimum atomic E-state index is -3.24. The molecule has 0 aromatic carbocycles. The van der Waals surface area contributed by atoms with Crippen molar-refractivity contribution >= 4 is 19.7 Å². The quantitative estimate of drug-likeness (QED) is 0.309. The molecule has 76 valence electrons. The molecule has 8 nitrogen and oxygen atoms in total. The van der Waals surface area contributed by atoms with Gasteiger partial charge < -0.3 is 0 Å². The number of hydrogen-bond acceptors (Lipinski definition) is 5. The SMILES string of the molecule is [N-]=[N+]=N[C@H]1CSS(=O)(=O)C[C@@H]1N=[N+]=[N-]. The highest BCUT2D eigenvalue weighted by Gasteiger charge is 2.32. The van der Waals surface area contributed by atoms with Crippen molar-refractivity contribution in [3.8, 4) is 0 Å². The molecule has 0 unspecified atom stereocenters. The maximum Gasteiger partial charge on any atom is 0.201 e. The van der Waals surface area contributed by atoms with Crippen molar-refractivity contribution < 1.29 is 8.42 Å². The van der Waals surface area contributed by atoms with Crippen molar-refractivity contribution in [1.82, 2.24) is 0 Å². The monoisotopic (exact) mass is 234 g/mol. The normalized spacial score (nSPS) is 29.7. The summed E-state index contributed by atoms with van der Waals surface area (Å²) in [6, 6.07) is -1.37. The van der Waals surface area contributed by atoms with E-state index >= 15 is 0 Å². The summed E-state index contributed by atoms with van der Waals surface area (Å²) in [4.78, 5) is 5.10. The Bertz CT molecular complexity index is 406. The van der Waals surface area contributed by atoms with Crippen molar-refractivity contribution in [1.29, 1.82) is 0 Å². The summed E-state index contributed by atoms with van der Waals surface area (Å²) >= 11 is 0. The summed E-state index contributed by atoms with van der Waals surface area (Å²) in [5, 5.41) is 6.68. The van der Waals surface area contributed by atoms with Crippen LogP contribution in [-0.2, 0) is 8.87 Å². The Kier molecular flexibility index (Phi) is 3.48. The van der Waals surface area contributed by atoms with Gasteiger partial charge in [-0.25, -0.2) is 8.42 Å². The van der Waals surface area contributed by atoms with Gasteiger partial charge in [-0.15, -0.1) is 0 Å². The van der Waals surface area contributed by atoms with Crippen molar-refractivity contribution in [3.63, 3.8) is 0 Å². The molecule has 1 aliphatic heterocycles. The van der Waals surface area contributed by atoms with Gasteiger partial charge in [-0.3, -0.25) is 0 Å². The molecule has 1 aliphatic rings. The summed E-state index contributed by atoms with van der Waals surface area (Å²) in [5.41, 5.74) is 16.4. The van der Waals surface area contributed by atoms with Gasteiger partial charge >= 0.3 is 0 Å². The van der Waals surface area contributed by atoms with Gasteiger partial charge in [0.25, 0.3) is 0 Å². The zero-order chi connectivity index (χ0) is 10.6. The first-order valence-electron chi connectivity index (χ1n) is 3.54. The molecular formula is C4H6N6O2S2. The fourth-order valence-corrected chi connectivity index (χ4v) is 4.19. The molecule has 1 fully saturated rings. The van der Waals surface area contributed by atoms with E-state index in [0.29, 0.717) is 0 Å². The second kappa shape index (κ2) is 4.43. The van der Waals surface area contributed by atoms with Crippen LogP contribution in [-0.4, -0.2) is 32.0 Å². The Hall–Kier alpha value is -1.08. The molecule has 1 saturated heterocycles. The first-order valence-corrected chi connectivity index (χ1v) is 6.70. The maximum absolute atomic E-state index is 11.1. The van der Waals surface area contributed by atoms with Crippen molar-refractivity contribution in [2.24, 2.45) is 10.2 Å². The highest BCUT2D eigenvalue weighted by Crippen LogP contribution is 2.27. The standard InChI is InChI=1S/C4H6N6O2S2/c5-9-7-3-1-13-14(11,12)2-4(3)8-10-6/h3-4H,1-2H2/t3-,4-/m0/s1. The number of hydrogen-bond donors (Lipinski definition) is 0. The van der Waals surface area contributed by atoms with Crippen LogP contribution in [0.4, 0.5) is 0 Å². The molecule has 0 aliphatic carbocycles. The molecule has 0 aromatic rings. The van der Waals surface area contributed by atoms with Gasteiger partial charge in [0.2, 0.25) is 8.87 Å². The predicted molar refractivity (Wildman–Crippen MR) is 52.1 cm³/mol.